The summed E-state index contributed by atoms with van der Waals surface area (Å²) in [5, 5.41) is 3.05. The molecule has 0 radical (unpaired) electrons. The molecule has 2 aromatic carbocycles. The van der Waals surface area contributed by atoms with Gasteiger partial charge in [-0.2, -0.15) is 0 Å². The van der Waals surface area contributed by atoms with Gasteiger partial charge in [-0.15, -0.1) is 0 Å². The molecule has 26 heavy (non-hydrogen) atoms. The van der Waals surface area contributed by atoms with E-state index in [4.69, 9.17) is 27.9 Å². The van der Waals surface area contributed by atoms with Gasteiger partial charge in [0.1, 0.15) is 5.75 Å². The Balaban J connectivity index is 2.21. The highest BCUT2D eigenvalue weighted by Crippen LogP contribution is 2.44. The molecule has 1 aliphatic rings. The van der Waals surface area contributed by atoms with Gasteiger partial charge in [0.2, 0.25) is 0 Å². The number of fused-ring (bicyclic) bond motifs is 1. The number of carbonyl (C=O) groups is 2. The van der Waals surface area contributed by atoms with Crippen LogP contribution >= 0.6 is 39.1 Å². The van der Waals surface area contributed by atoms with Crippen LogP contribution in [0.5, 0.6) is 5.75 Å². The third-order valence-corrected chi connectivity index (χ3v) is 5.19. The van der Waals surface area contributed by atoms with Crippen molar-refractivity contribution >= 4 is 62.5 Å². The summed E-state index contributed by atoms with van der Waals surface area (Å²) >= 11 is 16.2. The highest BCUT2D eigenvalue weighted by Gasteiger charge is 2.31. The minimum Gasteiger partial charge on any atom is -0.497 e. The Morgan fingerprint density at radius 3 is 2.42 bits per heavy atom. The van der Waals surface area contributed by atoms with Gasteiger partial charge in [0.15, 0.2) is 0 Å². The Morgan fingerprint density at radius 2 is 1.85 bits per heavy atom. The Bertz CT molecular complexity index is 897. The highest BCUT2D eigenvalue weighted by atomic mass is 79.9. The van der Waals surface area contributed by atoms with Crippen molar-refractivity contribution in [3.05, 3.63) is 49.9 Å². The Labute approximate surface area is 168 Å². The van der Waals surface area contributed by atoms with Crippen molar-refractivity contribution in [3.8, 4) is 5.75 Å². The summed E-state index contributed by atoms with van der Waals surface area (Å²) in [6.45, 7) is 0.338. The van der Waals surface area contributed by atoms with Crippen molar-refractivity contribution < 1.29 is 19.1 Å². The van der Waals surface area contributed by atoms with Gasteiger partial charge in [0.25, 0.3) is 0 Å². The standard InChI is InChI=1S/C17H13BrCl2N2O4/c1-25-9-5-11(18)10-7-21-17(24)22(14(10)6-9)15-12(19)3-8(4-13(15)20)16(23)26-2/h3-6H,7H2,1-2H3,(H,21,24). The average molecular weight is 460 g/mol. The normalized spacial score (nSPS) is 13.1. The van der Waals surface area contributed by atoms with Crippen LogP contribution in [0.2, 0.25) is 10.0 Å². The lowest BCUT2D eigenvalue weighted by molar-refractivity contribution is 0.0600. The summed E-state index contributed by atoms with van der Waals surface area (Å²) in [6, 6.07) is 5.95. The number of nitrogens with zero attached hydrogens (tertiary/aromatic N) is 1. The number of urea groups is 1. The molecule has 9 heteroatoms. The van der Waals surface area contributed by atoms with E-state index in [0.29, 0.717) is 18.0 Å². The van der Waals surface area contributed by atoms with E-state index < -0.39 is 12.0 Å². The number of ether oxygens (including phenoxy) is 2. The smallest absolute Gasteiger partial charge is 0.337 e. The summed E-state index contributed by atoms with van der Waals surface area (Å²) in [5.74, 6) is -0.0120. The zero-order valence-electron chi connectivity index (χ0n) is 13.7. The molecule has 0 aromatic heterocycles. The fourth-order valence-electron chi connectivity index (χ4n) is 2.68. The third-order valence-electron chi connectivity index (χ3n) is 3.90. The van der Waals surface area contributed by atoms with E-state index in [1.54, 1.807) is 12.1 Å². The molecule has 6 nitrogen and oxygen atoms in total. The number of carbonyl (C=O) groups excluding carboxylic acids is 2. The van der Waals surface area contributed by atoms with E-state index >= 15 is 0 Å². The maximum atomic E-state index is 12.6. The molecular formula is C17H13BrCl2N2O4. The number of amides is 2. The van der Waals surface area contributed by atoms with Crippen molar-refractivity contribution in [2.45, 2.75) is 6.54 Å². The van der Waals surface area contributed by atoms with Crippen LogP contribution in [0.1, 0.15) is 15.9 Å². The first kappa shape index (κ1) is 18.8. The average Bonchev–Trinajstić information content (AvgIpc) is 2.61. The van der Waals surface area contributed by atoms with Gasteiger partial charge in [-0.3, -0.25) is 4.90 Å². The van der Waals surface area contributed by atoms with E-state index in [1.165, 1.54) is 31.3 Å². The minimum atomic E-state index is -0.576. The number of esters is 1. The maximum absolute atomic E-state index is 12.6. The van der Waals surface area contributed by atoms with Gasteiger partial charge < -0.3 is 14.8 Å². The Kier molecular flexibility index (Phi) is 5.32. The first-order valence-corrected chi connectivity index (χ1v) is 8.94. The quantitative estimate of drug-likeness (QED) is 0.662. The number of nitrogens with one attached hydrogen (secondary N) is 1. The molecule has 1 aliphatic heterocycles. The third kappa shape index (κ3) is 3.22. The van der Waals surface area contributed by atoms with Crippen molar-refractivity contribution in [3.63, 3.8) is 0 Å². The summed E-state index contributed by atoms with van der Waals surface area (Å²) in [6.07, 6.45) is 0. The molecule has 0 fully saturated rings. The number of halogens is 3. The van der Waals surface area contributed by atoms with Gasteiger partial charge in [0, 0.05) is 22.6 Å². The SMILES string of the molecule is COC(=O)c1cc(Cl)c(N2C(=O)NCc3c(Br)cc(OC)cc32)c(Cl)c1. The van der Waals surface area contributed by atoms with E-state index in [-0.39, 0.29) is 21.3 Å². The molecule has 1 N–H and O–H groups in total. The monoisotopic (exact) mass is 458 g/mol. The fraction of sp³-hybridized carbons (Fsp3) is 0.176. The number of benzene rings is 2. The van der Waals surface area contributed by atoms with Crippen molar-refractivity contribution in [2.24, 2.45) is 0 Å². The number of hydrogen-bond acceptors (Lipinski definition) is 4. The number of hydrogen-bond donors (Lipinski definition) is 1. The largest absolute Gasteiger partial charge is 0.497 e. The molecule has 3 rings (SSSR count). The summed E-state index contributed by atoms with van der Waals surface area (Å²) in [4.78, 5) is 25.7. The molecule has 0 unspecified atom stereocenters. The second-order valence-electron chi connectivity index (χ2n) is 5.38. The summed E-state index contributed by atoms with van der Waals surface area (Å²) in [5.41, 5.74) is 1.87. The molecule has 0 saturated carbocycles. The predicted molar refractivity (Wildman–Crippen MR) is 103 cm³/mol. The van der Waals surface area contributed by atoms with E-state index in [2.05, 4.69) is 26.0 Å². The molecule has 0 bridgehead atoms. The second kappa shape index (κ2) is 7.34. The zero-order valence-corrected chi connectivity index (χ0v) is 16.8. The minimum absolute atomic E-state index is 0.139. The van der Waals surface area contributed by atoms with Crippen LogP contribution in [0.15, 0.2) is 28.7 Å². The lowest BCUT2D eigenvalue weighted by Crippen LogP contribution is -2.41. The predicted octanol–water partition coefficient (Wildman–Crippen LogP) is 4.91. The van der Waals surface area contributed by atoms with Crippen molar-refractivity contribution in [1.29, 1.82) is 0 Å². The van der Waals surface area contributed by atoms with Gasteiger partial charge in [0.05, 0.1) is 41.2 Å². The molecule has 0 spiro atoms. The summed E-state index contributed by atoms with van der Waals surface area (Å²) in [7, 11) is 2.79. The number of anilines is 2. The van der Waals surface area contributed by atoms with Crippen LogP contribution in [-0.2, 0) is 11.3 Å². The van der Waals surface area contributed by atoms with Crippen LogP contribution < -0.4 is 15.0 Å². The molecular weight excluding hydrogens is 447 g/mol. The molecule has 2 amide bonds. The van der Waals surface area contributed by atoms with Gasteiger partial charge in [-0.05, 0) is 18.2 Å². The number of methoxy groups -OCH3 is 2. The zero-order chi connectivity index (χ0) is 19.0. The second-order valence-corrected chi connectivity index (χ2v) is 7.05. The van der Waals surface area contributed by atoms with Crippen LogP contribution in [0.25, 0.3) is 0 Å². The molecule has 1 heterocycles. The van der Waals surface area contributed by atoms with Crippen LogP contribution in [0.4, 0.5) is 16.2 Å². The molecule has 2 aromatic rings. The first-order chi connectivity index (χ1) is 12.4. The highest BCUT2D eigenvalue weighted by molar-refractivity contribution is 9.10. The lowest BCUT2D eigenvalue weighted by Gasteiger charge is -2.32. The van der Waals surface area contributed by atoms with E-state index in [9.17, 15) is 9.59 Å². The molecule has 136 valence electrons. The van der Waals surface area contributed by atoms with Crippen LogP contribution in [0, 0.1) is 0 Å². The van der Waals surface area contributed by atoms with Gasteiger partial charge >= 0.3 is 12.0 Å². The van der Waals surface area contributed by atoms with Crippen molar-refractivity contribution in [2.75, 3.05) is 19.1 Å². The topological polar surface area (TPSA) is 67.9 Å². The van der Waals surface area contributed by atoms with E-state index in [1.807, 2.05) is 0 Å². The molecule has 0 aliphatic carbocycles. The summed E-state index contributed by atoms with van der Waals surface area (Å²) < 4.78 is 10.7. The fourth-order valence-corrected chi connectivity index (χ4v) is 3.90. The lowest BCUT2D eigenvalue weighted by atomic mass is 10.1. The van der Waals surface area contributed by atoms with Crippen LogP contribution in [0.3, 0.4) is 0 Å². The first-order valence-electron chi connectivity index (χ1n) is 7.39. The maximum Gasteiger partial charge on any atom is 0.337 e. The number of rotatable bonds is 3. The Hall–Kier alpha value is -1.96. The van der Waals surface area contributed by atoms with Crippen LogP contribution in [-0.4, -0.2) is 26.2 Å². The van der Waals surface area contributed by atoms with Crippen molar-refractivity contribution in [1.82, 2.24) is 5.32 Å². The van der Waals surface area contributed by atoms with Gasteiger partial charge in [-0.25, -0.2) is 9.59 Å². The molecule has 0 atom stereocenters. The van der Waals surface area contributed by atoms with Gasteiger partial charge in [-0.1, -0.05) is 39.1 Å². The Morgan fingerprint density at radius 1 is 1.19 bits per heavy atom. The van der Waals surface area contributed by atoms with E-state index in [0.717, 1.165) is 10.0 Å². The molecule has 0 saturated heterocycles.